The molecule has 1 heterocycles. The molecule has 1 unspecified atom stereocenters. The Morgan fingerprint density at radius 3 is 2.61 bits per heavy atom. The molecule has 0 spiro atoms. The van der Waals surface area contributed by atoms with E-state index in [1.165, 1.54) is 6.42 Å². The van der Waals surface area contributed by atoms with E-state index in [0.29, 0.717) is 6.04 Å². The Morgan fingerprint density at radius 1 is 1.33 bits per heavy atom. The summed E-state index contributed by atoms with van der Waals surface area (Å²) in [5.74, 6) is 0. The number of imidazole rings is 1. The van der Waals surface area contributed by atoms with Crippen LogP contribution in [0.25, 0.3) is 5.69 Å². The van der Waals surface area contributed by atoms with Crippen molar-refractivity contribution in [3.05, 3.63) is 47.1 Å². The number of nitrogens with one attached hydrogen (secondary N) is 2. The van der Waals surface area contributed by atoms with Crippen molar-refractivity contribution in [2.45, 2.75) is 32.7 Å². The van der Waals surface area contributed by atoms with Gasteiger partial charge in [-0.3, -0.25) is 4.57 Å². The molecule has 2 rings (SSSR count). The third kappa shape index (κ3) is 2.83. The van der Waals surface area contributed by atoms with Gasteiger partial charge in [0.25, 0.3) is 0 Å². The molecule has 0 amide bonds. The van der Waals surface area contributed by atoms with Crippen molar-refractivity contribution in [2.24, 2.45) is 0 Å². The molecular formula is C14H19N3O. The second-order valence-corrected chi connectivity index (χ2v) is 4.52. The lowest BCUT2D eigenvalue weighted by molar-refractivity contribution is 0.690. The lowest BCUT2D eigenvalue weighted by Crippen LogP contribution is -2.15. The molecule has 0 aliphatic heterocycles. The van der Waals surface area contributed by atoms with Crippen LogP contribution < -0.4 is 11.0 Å². The molecule has 1 aromatic heterocycles. The van der Waals surface area contributed by atoms with Crippen molar-refractivity contribution in [1.29, 1.82) is 0 Å². The van der Waals surface area contributed by atoms with E-state index in [4.69, 9.17) is 0 Å². The molecule has 0 aliphatic rings. The summed E-state index contributed by atoms with van der Waals surface area (Å²) >= 11 is 0. The molecule has 4 nitrogen and oxygen atoms in total. The zero-order valence-electron chi connectivity index (χ0n) is 10.8. The molecule has 2 N–H and O–H groups in total. The Kier molecular flexibility index (Phi) is 3.87. The molecule has 0 aliphatic carbocycles. The molecule has 0 saturated carbocycles. The van der Waals surface area contributed by atoms with Crippen LogP contribution in [0.1, 0.15) is 26.7 Å². The van der Waals surface area contributed by atoms with Gasteiger partial charge in [0.2, 0.25) is 0 Å². The van der Waals surface area contributed by atoms with Gasteiger partial charge in [-0.1, -0.05) is 13.3 Å². The smallest absolute Gasteiger partial charge is 0.330 e. The molecule has 0 radical (unpaired) electrons. The average molecular weight is 245 g/mol. The number of aromatic amines is 1. The van der Waals surface area contributed by atoms with Gasteiger partial charge in [-0.15, -0.1) is 0 Å². The van der Waals surface area contributed by atoms with E-state index >= 15 is 0 Å². The number of H-pyrrole nitrogens is 1. The molecular weight excluding hydrogens is 226 g/mol. The van der Waals surface area contributed by atoms with Crippen LogP contribution >= 0.6 is 0 Å². The summed E-state index contributed by atoms with van der Waals surface area (Å²) < 4.78 is 1.58. The van der Waals surface area contributed by atoms with Gasteiger partial charge in [-0.2, -0.15) is 0 Å². The lowest BCUT2D eigenvalue weighted by Gasteiger charge is -2.14. The highest BCUT2D eigenvalue weighted by molar-refractivity contribution is 5.49. The van der Waals surface area contributed by atoms with Gasteiger partial charge in [-0.25, -0.2) is 4.79 Å². The number of anilines is 1. The third-order valence-electron chi connectivity index (χ3n) is 2.93. The predicted molar refractivity (Wildman–Crippen MR) is 74.4 cm³/mol. The summed E-state index contributed by atoms with van der Waals surface area (Å²) in [5, 5.41) is 3.43. The van der Waals surface area contributed by atoms with Crippen LogP contribution in [0.5, 0.6) is 0 Å². The number of aromatic nitrogens is 2. The molecule has 0 saturated heterocycles. The Morgan fingerprint density at radius 2 is 2.06 bits per heavy atom. The molecule has 96 valence electrons. The van der Waals surface area contributed by atoms with Crippen LogP contribution in [-0.4, -0.2) is 15.6 Å². The Hall–Kier alpha value is -1.97. The number of nitrogens with zero attached hydrogens (tertiary/aromatic N) is 1. The summed E-state index contributed by atoms with van der Waals surface area (Å²) in [6, 6.07) is 8.35. The van der Waals surface area contributed by atoms with Crippen molar-refractivity contribution < 1.29 is 0 Å². The second kappa shape index (κ2) is 5.58. The van der Waals surface area contributed by atoms with Crippen molar-refractivity contribution in [1.82, 2.24) is 9.55 Å². The van der Waals surface area contributed by atoms with Gasteiger partial charge in [0.05, 0.1) is 5.69 Å². The van der Waals surface area contributed by atoms with Crippen molar-refractivity contribution in [3.63, 3.8) is 0 Å². The second-order valence-electron chi connectivity index (χ2n) is 4.52. The lowest BCUT2D eigenvalue weighted by atomic mass is 10.2. The van der Waals surface area contributed by atoms with Gasteiger partial charge in [0.15, 0.2) is 0 Å². The minimum atomic E-state index is -0.116. The number of benzene rings is 1. The van der Waals surface area contributed by atoms with E-state index in [1.807, 2.05) is 24.3 Å². The van der Waals surface area contributed by atoms with Gasteiger partial charge in [-0.05, 0) is 37.6 Å². The number of rotatable bonds is 5. The van der Waals surface area contributed by atoms with Crippen LogP contribution in [0, 0.1) is 0 Å². The van der Waals surface area contributed by atoms with E-state index in [-0.39, 0.29) is 5.69 Å². The summed E-state index contributed by atoms with van der Waals surface area (Å²) in [7, 11) is 0. The first-order valence-electron chi connectivity index (χ1n) is 6.33. The molecule has 18 heavy (non-hydrogen) atoms. The zero-order chi connectivity index (χ0) is 13.0. The van der Waals surface area contributed by atoms with Crippen LogP contribution in [-0.2, 0) is 0 Å². The summed E-state index contributed by atoms with van der Waals surface area (Å²) in [4.78, 5) is 14.1. The highest BCUT2D eigenvalue weighted by Crippen LogP contribution is 2.14. The first-order valence-corrected chi connectivity index (χ1v) is 6.33. The monoisotopic (exact) mass is 245 g/mol. The molecule has 0 bridgehead atoms. The van der Waals surface area contributed by atoms with Gasteiger partial charge in [0.1, 0.15) is 0 Å². The summed E-state index contributed by atoms with van der Waals surface area (Å²) in [5.41, 5.74) is 1.84. The number of hydrogen-bond acceptors (Lipinski definition) is 2. The fourth-order valence-corrected chi connectivity index (χ4v) is 2.03. The van der Waals surface area contributed by atoms with Crippen LogP contribution in [0.3, 0.4) is 0 Å². The Balaban J connectivity index is 2.11. The summed E-state index contributed by atoms with van der Waals surface area (Å²) in [6.45, 7) is 4.35. The summed E-state index contributed by atoms with van der Waals surface area (Å²) in [6.07, 6.45) is 5.69. The molecule has 1 atom stereocenters. The van der Waals surface area contributed by atoms with E-state index in [9.17, 15) is 4.79 Å². The van der Waals surface area contributed by atoms with E-state index < -0.39 is 0 Å². The third-order valence-corrected chi connectivity index (χ3v) is 2.93. The average Bonchev–Trinajstić information content (AvgIpc) is 2.77. The normalized spacial score (nSPS) is 12.3. The largest absolute Gasteiger partial charge is 0.383 e. The zero-order valence-corrected chi connectivity index (χ0v) is 10.8. The fourth-order valence-electron chi connectivity index (χ4n) is 2.03. The maximum Gasteiger partial charge on any atom is 0.330 e. The van der Waals surface area contributed by atoms with Gasteiger partial charge >= 0.3 is 5.69 Å². The topological polar surface area (TPSA) is 49.8 Å². The molecule has 1 aromatic carbocycles. The first kappa shape index (κ1) is 12.5. The van der Waals surface area contributed by atoms with Crippen LogP contribution in [0.15, 0.2) is 41.5 Å². The predicted octanol–water partition coefficient (Wildman–Crippen LogP) is 2.77. The number of hydrogen-bond donors (Lipinski definition) is 2. The van der Waals surface area contributed by atoms with E-state index in [1.54, 1.807) is 17.0 Å². The maximum absolute atomic E-state index is 11.5. The Labute approximate surface area is 107 Å². The standard InChI is InChI=1S/C14H19N3O/c1-3-4-11(2)16-12-5-7-13(8-6-12)17-10-9-15-14(17)18/h5-11,16H,3-4H2,1-2H3,(H,15,18). The highest BCUT2D eigenvalue weighted by atomic mass is 16.1. The van der Waals surface area contributed by atoms with Gasteiger partial charge < -0.3 is 10.3 Å². The molecule has 2 aromatic rings. The van der Waals surface area contributed by atoms with Gasteiger partial charge in [0, 0.05) is 24.1 Å². The molecule has 4 heteroatoms. The van der Waals surface area contributed by atoms with Crippen molar-refractivity contribution in [2.75, 3.05) is 5.32 Å². The van der Waals surface area contributed by atoms with E-state index in [2.05, 4.69) is 24.1 Å². The van der Waals surface area contributed by atoms with Crippen LogP contribution in [0.2, 0.25) is 0 Å². The SMILES string of the molecule is CCCC(C)Nc1ccc(-n2cc[nH]c2=O)cc1. The van der Waals surface area contributed by atoms with Crippen molar-refractivity contribution in [3.8, 4) is 5.69 Å². The van der Waals surface area contributed by atoms with E-state index in [0.717, 1.165) is 17.8 Å². The maximum atomic E-state index is 11.5. The first-order chi connectivity index (χ1) is 8.70. The minimum absolute atomic E-state index is 0.116. The Bertz CT molecular complexity index is 539. The quantitative estimate of drug-likeness (QED) is 0.851. The highest BCUT2D eigenvalue weighted by Gasteiger charge is 2.02. The van der Waals surface area contributed by atoms with Crippen molar-refractivity contribution >= 4 is 5.69 Å². The molecule has 0 fully saturated rings. The van der Waals surface area contributed by atoms with Crippen LogP contribution in [0.4, 0.5) is 5.69 Å². The fraction of sp³-hybridized carbons (Fsp3) is 0.357. The minimum Gasteiger partial charge on any atom is -0.383 e.